The molecule has 1 amide bonds. The van der Waals surface area contributed by atoms with E-state index in [0.29, 0.717) is 54.8 Å². The Hall–Kier alpha value is -3.08. The van der Waals surface area contributed by atoms with Crippen LogP contribution in [-0.4, -0.2) is 60.1 Å². The van der Waals surface area contributed by atoms with Crippen molar-refractivity contribution < 1.29 is 17.9 Å². The summed E-state index contributed by atoms with van der Waals surface area (Å²) in [5.74, 6) is 0.835. The van der Waals surface area contributed by atoms with E-state index in [1.54, 1.807) is 31.2 Å². The monoisotopic (exact) mass is 441 g/mol. The van der Waals surface area contributed by atoms with Crippen LogP contribution in [0.5, 0.6) is 0 Å². The number of anilines is 1. The summed E-state index contributed by atoms with van der Waals surface area (Å²) in [4.78, 5) is 17.4. The third-order valence-corrected chi connectivity index (χ3v) is 6.93. The first kappa shape index (κ1) is 21.2. The Kier molecular flexibility index (Phi) is 5.86. The number of benzene rings is 2. The highest BCUT2D eigenvalue weighted by Crippen LogP contribution is 2.23. The molecule has 0 aliphatic carbocycles. The van der Waals surface area contributed by atoms with Gasteiger partial charge in [0.1, 0.15) is 5.82 Å². The Labute approximate surface area is 180 Å². The van der Waals surface area contributed by atoms with Crippen LogP contribution in [0.15, 0.2) is 47.4 Å². The van der Waals surface area contributed by atoms with Crippen molar-refractivity contribution in [3.05, 3.63) is 59.4 Å². The number of nitrogens with one attached hydrogen (secondary N) is 2. The van der Waals surface area contributed by atoms with Gasteiger partial charge in [-0.2, -0.15) is 9.40 Å². The first-order valence-corrected chi connectivity index (χ1v) is 11.3. The van der Waals surface area contributed by atoms with Gasteiger partial charge in [-0.05, 0) is 43.7 Å². The van der Waals surface area contributed by atoms with Crippen LogP contribution in [0.2, 0.25) is 0 Å². The zero-order valence-electron chi connectivity index (χ0n) is 17.3. The maximum absolute atomic E-state index is 13.0. The molecule has 2 N–H and O–H groups in total. The number of morpholine rings is 1. The molecule has 0 spiro atoms. The van der Waals surface area contributed by atoms with Gasteiger partial charge in [0.05, 0.1) is 18.1 Å². The van der Waals surface area contributed by atoms with E-state index in [4.69, 9.17) is 4.74 Å². The minimum Gasteiger partial charge on any atom is -0.379 e. The lowest BCUT2D eigenvalue weighted by molar-refractivity contribution is 0.0730. The fourth-order valence-corrected chi connectivity index (χ4v) is 4.78. The van der Waals surface area contributed by atoms with E-state index in [-0.39, 0.29) is 10.8 Å². The number of aryl methyl sites for hydroxylation is 2. The van der Waals surface area contributed by atoms with Crippen LogP contribution >= 0.6 is 0 Å². The number of hydrogen-bond acceptors (Lipinski definition) is 6. The van der Waals surface area contributed by atoms with Crippen molar-refractivity contribution in [2.75, 3.05) is 31.6 Å². The summed E-state index contributed by atoms with van der Waals surface area (Å²) in [6, 6.07) is 11.8. The second-order valence-electron chi connectivity index (χ2n) is 7.27. The third-order valence-electron chi connectivity index (χ3n) is 5.04. The molecule has 0 atom stereocenters. The van der Waals surface area contributed by atoms with Crippen LogP contribution in [0.3, 0.4) is 0 Å². The minimum atomic E-state index is -3.69. The van der Waals surface area contributed by atoms with E-state index < -0.39 is 10.0 Å². The molecule has 9 nitrogen and oxygen atoms in total. The number of rotatable bonds is 5. The van der Waals surface area contributed by atoms with Crippen LogP contribution in [-0.2, 0) is 14.8 Å². The first-order chi connectivity index (χ1) is 14.8. The number of hydrogen-bond donors (Lipinski definition) is 2. The predicted molar refractivity (Wildman–Crippen MR) is 115 cm³/mol. The fraction of sp³-hybridized carbons (Fsp3) is 0.286. The lowest BCUT2D eigenvalue weighted by atomic mass is 10.1. The van der Waals surface area contributed by atoms with Crippen molar-refractivity contribution in [2.24, 2.45) is 0 Å². The SMILES string of the molecule is Cc1nc(-c2cccc(NC(=O)c3cc(S(=O)(=O)N4CCOCC4)ccc3C)c2)n[nH]1. The van der Waals surface area contributed by atoms with Crippen molar-refractivity contribution in [3.63, 3.8) is 0 Å². The molecule has 2 heterocycles. The van der Waals surface area contributed by atoms with Gasteiger partial charge in [-0.25, -0.2) is 13.4 Å². The molecule has 31 heavy (non-hydrogen) atoms. The molecule has 10 heteroatoms. The minimum absolute atomic E-state index is 0.0927. The summed E-state index contributed by atoms with van der Waals surface area (Å²) in [5.41, 5.74) is 2.29. The summed E-state index contributed by atoms with van der Waals surface area (Å²) >= 11 is 0. The standard InChI is InChI=1S/C21H23N5O4S/c1-14-6-7-18(31(28,29)26-8-10-30-11-9-26)13-19(14)21(27)23-17-5-3-4-16(12-17)20-22-15(2)24-25-20/h3-7,12-13H,8-11H2,1-2H3,(H,23,27)(H,22,24,25). The van der Waals surface area contributed by atoms with E-state index in [0.717, 1.165) is 5.56 Å². The van der Waals surface area contributed by atoms with Gasteiger partial charge in [-0.1, -0.05) is 18.2 Å². The molecule has 0 unspecified atom stereocenters. The van der Waals surface area contributed by atoms with Crippen LogP contribution in [0.25, 0.3) is 11.4 Å². The topological polar surface area (TPSA) is 117 Å². The zero-order valence-corrected chi connectivity index (χ0v) is 18.1. The van der Waals surface area contributed by atoms with E-state index >= 15 is 0 Å². The Bertz CT molecular complexity index is 1220. The predicted octanol–water partition coefficient (Wildman–Crippen LogP) is 2.36. The lowest BCUT2D eigenvalue weighted by Gasteiger charge is -2.26. The largest absolute Gasteiger partial charge is 0.379 e. The van der Waals surface area contributed by atoms with Crippen LogP contribution < -0.4 is 5.32 Å². The Morgan fingerprint density at radius 2 is 1.90 bits per heavy atom. The zero-order chi connectivity index (χ0) is 22.0. The van der Waals surface area contributed by atoms with Crippen LogP contribution in [0.1, 0.15) is 21.7 Å². The summed E-state index contributed by atoms with van der Waals surface area (Å²) in [7, 11) is -3.69. The molecule has 2 aromatic carbocycles. The molecule has 0 bridgehead atoms. The summed E-state index contributed by atoms with van der Waals surface area (Å²) in [6.45, 7) is 4.89. The molecule has 162 valence electrons. The maximum Gasteiger partial charge on any atom is 0.255 e. The molecule has 4 rings (SSSR count). The Balaban J connectivity index is 1.58. The van der Waals surface area contributed by atoms with Crippen molar-refractivity contribution >= 4 is 21.6 Å². The van der Waals surface area contributed by atoms with Crippen LogP contribution in [0.4, 0.5) is 5.69 Å². The normalized spacial score (nSPS) is 15.0. The molecule has 1 aliphatic rings. The van der Waals surface area contributed by atoms with Gasteiger partial charge in [0, 0.05) is 29.9 Å². The van der Waals surface area contributed by atoms with Crippen molar-refractivity contribution in [2.45, 2.75) is 18.7 Å². The molecule has 3 aromatic rings. The molecule has 1 saturated heterocycles. The fourth-order valence-electron chi connectivity index (χ4n) is 3.35. The second kappa shape index (κ2) is 8.58. The number of aromatic amines is 1. The highest BCUT2D eigenvalue weighted by molar-refractivity contribution is 7.89. The van der Waals surface area contributed by atoms with Crippen molar-refractivity contribution in [1.82, 2.24) is 19.5 Å². The summed E-state index contributed by atoms with van der Waals surface area (Å²) in [6.07, 6.45) is 0. The summed E-state index contributed by atoms with van der Waals surface area (Å²) in [5, 5.41) is 9.76. The quantitative estimate of drug-likeness (QED) is 0.628. The number of sulfonamides is 1. The number of aromatic nitrogens is 3. The van der Waals surface area contributed by atoms with Gasteiger partial charge in [-0.15, -0.1) is 0 Å². The van der Waals surface area contributed by atoms with Gasteiger partial charge in [-0.3, -0.25) is 9.89 Å². The third kappa shape index (κ3) is 4.50. The molecule has 0 radical (unpaired) electrons. The lowest BCUT2D eigenvalue weighted by Crippen LogP contribution is -2.40. The average molecular weight is 442 g/mol. The molecule has 1 fully saturated rings. The van der Waals surface area contributed by atoms with E-state index in [9.17, 15) is 13.2 Å². The molecule has 1 aromatic heterocycles. The smallest absolute Gasteiger partial charge is 0.255 e. The first-order valence-electron chi connectivity index (χ1n) is 9.84. The van der Waals surface area contributed by atoms with Gasteiger partial charge < -0.3 is 10.1 Å². The van der Waals surface area contributed by atoms with Crippen LogP contribution in [0, 0.1) is 13.8 Å². The number of carbonyl (C=O) groups excluding carboxylic acids is 1. The average Bonchev–Trinajstić information content (AvgIpc) is 3.21. The second-order valence-corrected chi connectivity index (χ2v) is 9.21. The highest BCUT2D eigenvalue weighted by Gasteiger charge is 2.27. The highest BCUT2D eigenvalue weighted by atomic mass is 32.2. The molecule has 0 saturated carbocycles. The van der Waals surface area contributed by atoms with Crippen molar-refractivity contribution in [1.29, 1.82) is 0 Å². The molecular formula is C21H23N5O4S. The van der Waals surface area contributed by atoms with E-state index in [1.165, 1.54) is 16.4 Å². The molecule has 1 aliphatic heterocycles. The van der Waals surface area contributed by atoms with E-state index in [2.05, 4.69) is 20.5 Å². The number of ether oxygens (including phenoxy) is 1. The summed E-state index contributed by atoms with van der Waals surface area (Å²) < 4.78 is 32.5. The molecular weight excluding hydrogens is 418 g/mol. The van der Waals surface area contributed by atoms with Gasteiger partial charge in [0.15, 0.2) is 5.82 Å². The van der Waals surface area contributed by atoms with Crippen molar-refractivity contribution in [3.8, 4) is 11.4 Å². The Morgan fingerprint density at radius 1 is 1.13 bits per heavy atom. The Morgan fingerprint density at radius 3 is 2.61 bits per heavy atom. The van der Waals surface area contributed by atoms with Gasteiger partial charge >= 0.3 is 0 Å². The maximum atomic E-state index is 13.0. The van der Waals surface area contributed by atoms with E-state index in [1.807, 2.05) is 13.0 Å². The number of amides is 1. The van der Waals surface area contributed by atoms with Gasteiger partial charge in [0.2, 0.25) is 10.0 Å². The number of nitrogens with zero attached hydrogens (tertiary/aromatic N) is 3. The van der Waals surface area contributed by atoms with Gasteiger partial charge in [0.25, 0.3) is 5.91 Å². The number of H-pyrrole nitrogens is 1. The number of carbonyl (C=O) groups is 1.